The van der Waals surface area contributed by atoms with Gasteiger partial charge in [-0.25, -0.2) is 8.42 Å². The molecule has 1 aromatic heterocycles. The normalized spacial score (nSPS) is 12.6. The Hall–Kier alpha value is -0.410. The molecule has 20 heavy (non-hydrogen) atoms. The average molecular weight is 369 g/mol. The smallest absolute Gasteiger partial charge is 0.247 e. The van der Waals surface area contributed by atoms with E-state index in [0.717, 1.165) is 0 Å². The van der Waals surface area contributed by atoms with Gasteiger partial charge < -0.3 is 14.5 Å². The summed E-state index contributed by atoms with van der Waals surface area (Å²) in [7, 11) is -0.292. The van der Waals surface area contributed by atoms with Gasteiger partial charge in [0, 0.05) is 19.7 Å². The summed E-state index contributed by atoms with van der Waals surface area (Å²) >= 11 is 3.15. The molecule has 0 spiro atoms. The summed E-state index contributed by atoms with van der Waals surface area (Å²) in [5, 5.41) is 2.91. The summed E-state index contributed by atoms with van der Waals surface area (Å²) in [5.41, 5.74) is 0. The molecule has 0 bridgehead atoms. The van der Waals surface area contributed by atoms with Crippen molar-refractivity contribution in [1.29, 1.82) is 0 Å². The topological polar surface area (TPSA) is 71.8 Å². The van der Waals surface area contributed by atoms with Crippen LogP contribution in [-0.4, -0.2) is 46.1 Å². The Morgan fingerprint density at radius 1 is 1.50 bits per heavy atom. The van der Waals surface area contributed by atoms with Crippen LogP contribution in [0.1, 0.15) is 19.6 Å². The van der Waals surface area contributed by atoms with E-state index in [-0.39, 0.29) is 15.7 Å². The largest absolute Gasteiger partial charge is 0.452 e. The van der Waals surface area contributed by atoms with Crippen molar-refractivity contribution in [3.63, 3.8) is 0 Å². The highest BCUT2D eigenvalue weighted by Crippen LogP contribution is 2.28. The van der Waals surface area contributed by atoms with Gasteiger partial charge >= 0.3 is 0 Å². The second kappa shape index (κ2) is 7.56. The van der Waals surface area contributed by atoms with Crippen LogP contribution in [0.4, 0.5) is 0 Å². The van der Waals surface area contributed by atoms with Crippen LogP contribution in [0.3, 0.4) is 0 Å². The first-order valence-corrected chi connectivity index (χ1v) is 8.53. The van der Waals surface area contributed by atoms with Gasteiger partial charge in [0.05, 0.1) is 19.3 Å². The summed E-state index contributed by atoms with van der Waals surface area (Å²) < 4.78 is 37.0. The third-order valence-electron chi connectivity index (χ3n) is 2.60. The number of hydrogen-bond donors (Lipinski definition) is 1. The fourth-order valence-electron chi connectivity index (χ4n) is 1.54. The number of halogens is 1. The standard InChI is InChI=1S/C12H21BrN2O4S/c1-9(2)18-6-5-15(4)20(16,17)11-7-10(8-14-3)19-12(11)13/h7,9,14H,5-6,8H2,1-4H3. The molecule has 0 aliphatic rings. The molecule has 6 nitrogen and oxygen atoms in total. The van der Waals surface area contributed by atoms with Crippen molar-refractivity contribution in [2.75, 3.05) is 27.2 Å². The molecule has 0 atom stereocenters. The summed E-state index contributed by atoms with van der Waals surface area (Å²) in [6.45, 7) is 4.93. The molecule has 1 heterocycles. The van der Waals surface area contributed by atoms with Crippen molar-refractivity contribution < 1.29 is 17.6 Å². The first-order chi connectivity index (χ1) is 9.28. The quantitative estimate of drug-likeness (QED) is 0.757. The highest BCUT2D eigenvalue weighted by Gasteiger charge is 2.26. The zero-order valence-electron chi connectivity index (χ0n) is 12.1. The Kier molecular flexibility index (Phi) is 6.67. The SMILES string of the molecule is CNCc1cc(S(=O)(=O)N(C)CCOC(C)C)c(Br)o1. The van der Waals surface area contributed by atoms with Crippen LogP contribution >= 0.6 is 15.9 Å². The number of furan rings is 1. The van der Waals surface area contributed by atoms with Gasteiger partial charge in [0.25, 0.3) is 0 Å². The van der Waals surface area contributed by atoms with Crippen molar-refractivity contribution in [2.24, 2.45) is 0 Å². The molecule has 0 aliphatic heterocycles. The maximum Gasteiger partial charge on any atom is 0.247 e. The highest BCUT2D eigenvalue weighted by molar-refractivity contribution is 9.10. The van der Waals surface area contributed by atoms with Crippen molar-refractivity contribution >= 4 is 26.0 Å². The first-order valence-electron chi connectivity index (χ1n) is 6.29. The molecule has 0 aromatic carbocycles. The van der Waals surface area contributed by atoms with E-state index in [0.29, 0.717) is 25.5 Å². The lowest BCUT2D eigenvalue weighted by molar-refractivity contribution is 0.0737. The second-order valence-corrected chi connectivity index (χ2v) is 7.36. The van der Waals surface area contributed by atoms with Crippen LogP contribution in [0.5, 0.6) is 0 Å². The maximum atomic E-state index is 12.4. The van der Waals surface area contributed by atoms with Crippen LogP contribution in [0.25, 0.3) is 0 Å². The minimum Gasteiger partial charge on any atom is -0.452 e. The Labute approximate surface area is 128 Å². The van der Waals surface area contributed by atoms with Gasteiger partial charge in [-0.15, -0.1) is 0 Å². The lowest BCUT2D eigenvalue weighted by Crippen LogP contribution is -2.30. The van der Waals surface area contributed by atoms with E-state index in [1.165, 1.54) is 17.4 Å². The first kappa shape index (κ1) is 17.6. The molecule has 8 heteroatoms. The van der Waals surface area contributed by atoms with Crippen LogP contribution in [0.2, 0.25) is 0 Å². The predicted octanol–water partition coefficient (Wildman–Crippen LogP) is 1.81. The van der Waals surface area contributed by atoms with Gasteiger partial charge in [0.15, 0.2) is 4.67 Å². The van der Waals surface area contributed by atoms with E-state index in [1.54, 1.807) is 7.05 Å². The molecular formula is C12H21BrN2O4S. The number of nitrogens with zero attached hydrogens (tertiary/aromatic N) is 1. The van der Waals surface area contributed by atoms with Crippen molar-refractivity contribution in [1.82, 2.24) is 9.62 Å². The minimum atomic E-state index is -3.58. The molecule has 1 rings (SSSR count). The fourth-order valence-corrected chi connectivity index (χ4v) is 3.65. The molecule has 1 aromatic rings. The van der Waals surface area contributed by atoms with E-state index in [2.05, 4.69) is 21.2 Å². The second-order valence-electron chi connectivity index (χ2n) is 4.63. The molecule has 116 valence electrons. The van der Waals surface area contributed by atoms with Crippen LogP contribution in [-0.2, 0) is 21.3 Å². The molecule has 0 amide bonds. The Balaban J connectivity index is 2.81. The average Bonchev–Trinajstić information content (AvgIpc) is 2.70. The summed E-state index contributed by atoms with van der Waals surface area (Å²) in [6, 6.07) is 1.52. The van der Waals surface area contributed by atoms with Gasteiger partial charge in [-0.2, -0.15) is 4.31 Å². The minimum absolute atomic E-state index is 0.0778. The highest BCUT2D eigenvalue weighted by atomic mass is 79.9. The van der Waals surface area contributed by atoms with E-state index in [4.69, 9.17) is 9.15 Å². The number of nitrogens with one attached hydrogen (secondary N) is 1. The van der Waals surface area contributed by atoms with Gasteiger partial charge in [-0.3, -0.25) is 0 Å². The van der Waals surface area contributed by atoms with Crippen LogP contribution < -0.4 is 5.32 Å². The summed E-state index contributed by atoms with van der Waals surface area (Å²) in [5.74, 6) is 0.560. The molecule has 0 fully saturated rings. The number of rotatable bonds is 8. The van der Waals surface area contributed by atoms with Crippen LogP contribution in [0.15, 0.2) is 20.0 Å². The number of ether oxygens (including phenoxy) is 1. The third-order valence-corrected chi connectivity index (χ3v) is 5.32. The Morgan fingerprint density at radius 3 is 2.70 bits per heavy atom. The lowest BCUT2D eigenvalue weighted by atomic mass is 10.4. The zero-order chi connectivity index (χ0) is 15.3. The van der Waals surface area contributed by atoms with Crippen molar-refractivity contribution in [3.05, 3.63) is 16.5 Å². The number of hydrogen-bond acceptors (Lipinski definition) is 5. The van der Waals surface area contributed by atoms with E-state index in [9.17, 15) is 8.42 Å². The zero-order valence-corrected chi connectivity index (χ0v) is 14.5. The molecule has 0 saturated carbocycles. The number of likely N-dealkylation sites (N-methyl/N-ethyl adjacent to an activating group) is 1. The summed E-state index contributed by atoms with van der Waals surface area (Å²) in [6.07, 6.45) is 0.0778. The van der Waals surface area contributed by atoms with Gasteiger partial charge in [-0.1, -0.05) is 0 Å². The van der Waals surface area contributed by atoms with Gasteiger partial charge in [-0.05, 0) is 36.8 Å². The predicted molar refractivity (Wildman–Crippen MR) is 80.1 cm³/mol. The Bertz CT molecular complexity index is 528. The third kappa shape index (κ3) is 4.56. The molecular weight excluding hydrogens is 348 g/mol. The van der Waals surface area contributed by atoms with Crippen molar-refractivity contribution in [3.8, 4) is 0 Å². The molecule has 1 N–H and O–H groups in total. The van der Waals surface area contributed by atoms with E-state index >= 15 is 0 Å². The van der Waals surface area contributed by atoms with Gasteiger partial charge in [0.1, 0.15) is 10.7 Å². The Morgan fingerprint density at radius 2 is 2.15 bits per heavy atom. The van der Waals surface area contributed by atoms with Crippen LogP contribution in [0, 0.1) is 0 Å². The van der Waals surface area contributed by atoms with Crippen molar-refractivity contribution in [2.45, 2.75) is 31.4 Å². The summed E-state index contributed by atoms with van der Waals surface area (Å²) in [4.78, 5) is 0.134. The van der Waals surface area contributed by atoms with E-state index < -0.39 is 10.0 Å². The number of sulfonamides is 1. The molecule has 0 saturated heterocycles. The molecule has 0 radical (unpaired) electrons. The van der Waals surface area contributed by atoms with E-state index in [1.807, 2.05) is 13.8 Å². The maximum absolute atomic E-state index is 12.4. The molecule has 0 unspecified atom stereocenters. The monoisotopic (exact) mass is 368 g/mol. The lowest BCUT2D eigenvalue weighted by Gasteiger charge is -2.17. The fraction of sp³-hybridized carbons (Fsp3) is 0.667. The van der Waals surface area contributed by atoms with Gasteiger partial charge in [0.2, 0.25) is 10.0 Å². The molecule has 0 aliphatic carbocycles.